The van der Waals surface area contributed by atoms with Gasteiger partial charge in [0.1, 0.15) is 6.33 Å². The number of hydrogen-bond acceptors (Lipinski definition) is 6. The minimum Gasteiger partial charge on any atom is -0.301 e. The van der Waals surface area contributed by atoms with Crippen molar-refractivity contribution < 1.29 is 4.79 Å². The topological polar surface area (TPSA) is 71.0 Å². The molecule has 1 aromatic carbocycles. The Kier molecular flexibility index (Phi) is 3.95. The van der Waals surface area contributed by atoms with E-state index in [9.17, 15) is 4.79 Å². The van der Waals surface area contributed by atoms with E-state index < -0.39 is 0 Å². The van der Waals surface area contributed by atoms with Crippen LogP contribution in [0.3, 0.4) is 0 Å². The largest absolute Gasteiger partial charge is 0.301 e. The fourth-order valence-electron chi connectivity index (χ4n) is 2.90. The molecule has 0 fully saturated rings. The third-order valence-electron chi connectivity index (χ3n) is 4.35. The summed E-state index contributed by atoms with van der Waals surface area (Å²) >= 11 is 1.50. The number of amides is 1. The predicted octanol–water partition coefficient (Wildman–Crippen LogP) is 2.47. The smallest absolute Gasteiger partial charge is 0.243 e. The van der Waals surface area contributed by atoms with Crippen LogP contribution < -0.4 is 5.32 Å². The molecule has 0 saturated carbocycles. The van der Waals surface area contributed by atoms with Gasteiger partial charge in [-0.05, 0) is 31.0 Å². The van der Waals surface area contributed by atoms with E-state index in [4.69, 9.17) is 0 Å². The number of thiazole rings is 1. The molecule has 1 amide bonds. The summed E-state index contributed by atoms with van der Waals surface area (Å²) in [5.74, 6) is -0.0356. The Balaban J connectivity index is 1.46. The predicted molar refractivity (Wildman–Crippen MR) is 93.9 cm³/mol. The molecule has 0 radical (unpaired) electrons. The highest BCUT2D eigenvalue weighted by molar-refractivity contribution is 7.22. The molecule has 24 heavy (non-hydrogen) atoms. The lowest BCUT2D eigenvalue weighted by molar-refractivity contribution is -0.121. The molecule has 6 nitrogen and oxygen atoms in total. The van der Waals surface area contributed by atoms with Crippen molar-refractivity contribution in [3.63, 3.8) is 0 Å². The number of nitrogens with zero attached hydrogens (tertiary/aromatic N) is 4. The highest BCUT2D eigenvalue weighted by atomic mass is 32.1. The van der Waals surface area contributed by atoms with E-state index in [1.54, 1.807) is 6.33 Å². The molecule has 0 bridgehead atoms. The number of carbonyl (C=O) groups excluding carboxylic acids is 1. The first-order valence-electron chi connectivity index (χ1n) is 7.89. The van der Waals surface area contributed by atoms with Gasteiger partial charge in [-0.1, -0.05) is 23.5 Å². The zero-order valence-electron chi connectivity index (χ0n) is 13.3. The Morgan fingerprint density at radius 2 is 2.25 bits per heavy atom. The number of carbonyl (C=O) groups is 1. The molecule has 1 N–H and O–H groups in total. The second kappa shape index (κ2) is 6.26. The normalized spacial score (nSPS) is 15.9. The Bertz CT molecular complexity index is 860. The van der Waals surface area contributed by atoms with Gasteiger partial charge in [-0.25, -0.2) is 15.0 Å². The Hall–Kier alpha value is -2.38. The molecule has 0 spiro atoms. The van der Waals surface area contributed by atoms with Crippen LogP contribution in [0.15, 0.2) is 36.8 Å². The molecule has 3 aromatic rings. The van der Waals surface area contributed by atoms with Crippen molar-refractivity contribution in [2.24, 2.45) is 0 Å². The van der Waals surface area contributed by atoms with Crippen molar-refractivity contribution in [3.05, 3.63) is 48.0 Å². The summed E-state index contributed by atoms with van der Waals surface area (Å²) in [6.07, 6.45) is 4.30. The second-order valence-corrected chi connectivity index (χ2v) is 6.90. The van der Waals surface area contributed by atoms with Crippen LogP contribution >= 0.6 is 11.3 Å². The summed E-state index contributed by atoms with van der Waals surface area (Å²) in [5.41, 5.74) is 3.09. The number of rotatable bonds is 3. The average Bonchev–Trinajstić information content (AvgIpc) is 3.02. The quantitative estimate of drug-likeness (QED) is 0.794. The van der Waals surface area contributed by atoms with Crippen LogP contribution in [0.25, 0.3) is 10.2 Å². The monoisotopic (exact) mass is 339 g/mol. The molecule has 0 aliphatic carbocycles. The Labute approximate surface area is 143 Å². The van der Waals surface area contributed by atoms with E-state index in [0.29, 0.717) is 11.7 Å². The number of benzene rings is 1. The van der Waals surface area contributed by atoms with Crippen molar-refractivity contribution in [1.82, 2.24) is 19.9 Å². The molecule has 3 heterocycles. The van der Waals surface area contributed by atoms with Gasteiger partial charge >= 0.3 is 0 Å². The van der Waals surface area contributed by atoms with Gasteiger partial charge in [0.25, 0.3) is 0 Å². The van der Waals surface area contributed by atoms with Gasteiger partial charge in [0.2, 0.25) is 5.91 Å². The molecule has 1 unspecified atom stereocenters. The van der Waals surface area contributed by atoms with Crippen LogP contribution in [-0.2, 0) is 17.8 Å². The first-order chi connectivity index (χ1) is 11.7. The minimum absolute atomic E-state index is 0.0356. The molecule has 1 atom stereocenters. The zero-order chi connectivity index (χ0) is 16.5. The number of anilines is 1. The van der Waals surface area contributed by atoms with E-state index in [1.165, 1.54) is 16.9 Å². The molecule has 4 rings (SSSR count). The van der Waals surface area contributed by atoms with Gasteiger partial charge in [0.15, 0.2) is 5.13 Å². The number of para-hydroxylation sites is 1. The van der Waals surface area contributed by atoms with Gasteiger partial charge in [0.05, 0.1) is 22.0 Å². The number of hydrogen-bond donors (Lipinski definition) is 1. The SMILES string of the molecule is CC(C(=O)Nc1nc2ccccc2s1)N1CCc2cncnc2C1. The summed E-state index contributed by atoms with van der Waals surface area (Å²) in [7, 11) is 0. The fraction of sp³-hybridized carbons (Fsp3) is 0.294. The van der Waals surface area contributed by atoms with Crippen molar-refractivity contribution in [2.75, 3.05) is 11.9 Å². The lowest BCUT2D eigenvalue weighted by Crippen LogP contribution is -2.44. The van der Waals surface area contributed by atoms with Gasteiger partial charge < -0.3 is 5.32 Å². The first kappa shape index (κ1) is 15.2. The van der Waals surface area contributed by atoms with Crippen molar-refractivity contribution in [1.29, 1.82) is 0 Å². The van der Waals surface area contributed by atoms with Gasteiger partial charge in [-0.3, -0.25) is 9.69 Å². The Morgan fingerprint density at radius 3 is 3.12 bits per heavy atom. The third kappa shape index (κ3) is 2.88. The molecular formula is C17H17N5OS. The van der Waals surface area contributed by atoms with Crippen LogP contribution in [0.4, 0.5) is 5.13 Å². The van der Waals surface area contributed by atoms with Crippen molar-refractivity contribution >= 4 is 32.6 Å². The highest BCUT2D eigenvalue weighted by Gasteiger charge is 2.26. The molecular weight excluding hydrogens is 322 g/mol. The van der Waals surface area contributed by atoms with Crippen LogP contribution in [-0.4, -0.2) is 38.3 Å². The van der Waals surface area contributed by atoms with Crippen molar-refractivity contribution in [2.45, 2.75) is 25.9 Å². The van der Waals surface area contributed by atoms with E-state index in [1.807, 2.05) is 37.4 Å². The van der Waals surface area contributed by atoms with E-state index in [2.05, 4.69) is 25.2 Å². The maximum Gasteiger partial charge on any atom is 0.243 e. The summed E-state index contributed by atoms with van der Waals surface area (Å²) in [6.45, 7) is 3.43. The van der Waals surface area contributed by atoms with Crippen LogP contribution in [0, 0.1) is 0 Å². The van der Waals surface area contributed by atoms with E-state index >= 15 is 0 Å². The van der Waals surface area contributed by atoms with Crippen LogP contribution in [0.2, 0.25) is 0 Å². The summed E-state index contributed by atoms with van der Waals surface area (Å²) < 4.78 is 1.07. The van der Waals surface area contributed by atoms with Gasteiger partial charge in [0, 0.05) is 19.3 Å². The highest BCUT2D eigenvalue weighted by Crippen LogP contribution is 2.26. The Morgan fingerprint density at radius 1 is 1.38 bits per heavy atom. The maximum absolute atomic E-state index is 12.6. The summed E-state index contributed by atoms with van der Waals surface area (Å²) in [5, 5.41) is 3.59. The molecule has 7 heteroatoms. The van der Waals surface area contributed by atoms with Crippen LogP contribution in [0.1, 0.15) is 18.2 Å². The number of aromatic nitrogens is 3. The second-order valence-electron chi connectivity index (χ2n) is 5.87. The lowest BCUT2D eigenvalue weighted by atomic mass is 10.1. The molecule has 0 saturated heterocycles. The standard InChI is InChI=1S/C17H17N5OS/c1-11(22-7-6-12-8-18-10-19-14(12)9-22)16(23)21-17-20-13-4-2-3-5-15(13)24-17/h2-5,8,10-11H,6-7,9H2,1H3,(H,20,21,23). The van der Waals surface area contributed by atoms with E-state index in [0.717, 1.165) is 28.9 Å². The molecule has 1 aliphatic heterocycles. The third-order valence-corrected chi connectivity index (χ3v) is 5.31. The number of fused-ring (bicyclic) bond motifs is 2. The average molecular weight is 339 g/mol. The lowest BCUT2D eigenvalue weighted by Gasteiger charge is -2.31. The van der Waals surface area contributed by atoms with Crippen molar-refractivity contribution in [3.8, 4) is 0 Å². The molecule has 1 aliphatic rings. The van der Waals surface area contributed by atoms with Gasteiger partial charge in [-0.2, -0.15) is 0 Å². The first-order valence-corrected chi connectivity index (χ1v) is 8.70. The van der Waals surface area contributed by atoms with Gasteiger partial charge in [-0.15, -0.1) is 0 Å². The van der Waals surface area contributed by atoms with Crippen LogP contribution in [0.5, 0.6) is 0 Å². The molecule has 2 aromatic heterocycles. The molecule has 122 valence electrons. The zero-order valence-corrected chi connectivity index (χ0v) is 14.1. The number of nitrogens with one attached hydrogen (secondary N) is 1. The minimum atomic E-state index is -0.236. The summed E-state index contributed by atoms with van der Waals surface area (Å²) in [6, 6.07) is 7.64. The maximum atomic E-state index is 12.6. The van der Waals surface area contributed by atoms with E-state index in [-0.39, 0.29) is 11.9 Å². The fourth-order valence-corrected chi connectivity index (χ4v) is 3.77. The summed E-state index contributed by atoms with van der Waals surface area (Å²) in [4.78, 5) is 27.6.